The Bertz CT molecular complexity index is 647. The molecule has 0 radical (unpaired) electrons. The minimum atomic E-state index is 0.296. The minimum absolute atomic E-state index is 0.296. The van der Waals surface area contributed by atoms with Gasteiger partial charge in [0.05, 0.1) is 13.1 Å². The Labute approximate surface area is 172 Å². The maximum Gasteiger partial charge on any atom is 0.236 e. The van der Waals surface area contributed by atoms with E-state index in [1.54, 1.807) is 11.3 Å². The van der Waals surface area contributed by atoms with E-state index >= 15 is 0 Å². The molecule has 0 spiro atoms. The van der Waals surface area contributed by atoms with E-state index in [-0.39, 0.29) is 0 Å². The Balaban J connectivity index is 1.49. The van der Waals surface area contributed by atoms with Crippen LogP contribution in [0.25, 0.3) is 0 Å². The highest BCUT2D eigenvalue weighted by atomic mass is 32.1. The highest BCUT2D eigenvalue weighted by Crippen LogP contribution is 2.15. The van der Waals surface area contributed by atoms with E-state index in [9.17, 15) is 4.79 Å². The Morgan fingerprint density at radius 2 is 1.86 bits per heavy atom. The molecule has 156 valence electrons. The van der Waals surface area contributed by atoms with Gasteiger partial charge in [-0.2, -0.15) is 0 Å². The van der Waals surface area contributed by atoms with Gasteiger partial charge in [0.1, 0.15) is 5.01 Å². The SMILES string of the molecule is CCNC(=NCc1ncc(CC)s1)N1CCN(CC(=O)N2CCCCC2)CC1. The number of piperazine rings is 1. The Hall–Kier alpha value is -1.67. The monoisotopic (exact) mass is 406 g/mol. The highest BCUT2D eigenvalue weighted by molar-refractivity contribution is 7.11. The number of guanidine groups is 1. The third-order valence-corrected chi connectivity index (χ3v) is 6.51. The summed E-state index contributed by atoms with van der Waals surface area (Å²) in [6, 6.07) is 0. The van der Waals surface area contributed by atoms with Gasteiger partial charge in [-0.25, -0.2) is 9.98 Å². The molecule has 0 aliphatic carbocycles. The molecule has 1 amide bonds. The number of nitrogens with one attached hydrogen (secondary N) is 1. The fourth-order valence-corrected chi connectivity index (χ4v) is 4.49. The first-order valence-electron chi connectivity index (χ1n) is 10.7. The fourth-order valence-electron chi connectivity index (χ4n) is 3.71. The molecule has 0 atom stereocenters. The van der Waals surface area contributed by atoms with Crippen molar-refractivity contribution in [2.24, 2.45) is 4.99 Å². The van der Waals surface area contributed by atoms with E-state index in [0.29, 0.717) is 19.0 Å². The summed E-state index contributed by atoms with van der Waals surface area (Å²) < 4.78 is 0. The topological polar surface area (TPSA) is 64.1 Å². The summed E-state index contributed by atoms with van der Waals surface area (Å²) in [4.78, 5) is 29.7. The zero-order valence-electron chi connectivity index (χ0n) is 17.3. The summed E-state index contributed by atoms with van der Waals surface area (Å²) in [6.45, 7) is 11.8. The molecule has 3 heterocycles. The zero-order chi connectivity index (χ0) is 19.8. The van der Waals surface area contributed by atoms with Crippen LogP contribution in [0.3, 0.4) is 0 Å². The van der Waals surface area contributed by atoms with E-state index in [2.05, 4.69) is 33.9 Å². The lowest BCUT2D eigenvalue weighted by Gasteiger charge is -2.37. The van der Waals surface area contributed by atoms with Crippen LogP contribution in [0.15, 0.2) is 11.2 Å². The van der Waals surface area contributed by atoms with Crippen molar-refractivity contribution in [1.82, 2.24) is 25.0 Å². The molecule has 7 nitrogen and oxygen atoms in total. The van der Waals surface area contributed by atoms with Gasteiger partial charge in [0.15, 0.2) is 5.96 Å². The first-order valence-corrected chi connectivity index (χ1v) is 11.5. The van der Waals surface area contributed by atoms with Crippen molar-refractivity contribution in [3.63, 3.8) is 0 Å². The second-order valence-electron chi connectivity index (χ2n) is 7.45. The molecule has 1 aromatic rings. The molecule has 1 N–H and O–H groups in total. The van der Waals surface area contributed by atoms with E-state index in [4.69, 9.17) is 4.99 Å². The lowest BCUT2D eigenvalue weighted by molar-refractivity contribution is -0.133. The van der Waals surface area contributed by atoms with Gasteiger partial charge in [0.2, 0.25) is 5.91 Å². The van der Waals surface area contributed by atoms with Crippen LogP contribution in [-0.4, -0.2) is 83.9 Å². The summed E-state index contributed by atoms with van der Waals surface area (Å²) in [5.74, 6) is 1.25. The first kappa shape index (κ1) is 21.0. The molecule has 0 saturated carbocycles. The van der Waals surface area contributed by atoms with Gasteiger partial charge in [-0.1, -0.05) is 6.92 Å². The number of carbonyl (C=O) groups excluding carboxylic acids is 1. The second kappa shape index (κ2) is 10.8. The third-order valence-electron chi connectivity index (χ3n) is 5.39. The van der Waals surface area contributed by atoms with E-state index in [0.717, 1.165) is 76.0 Å². The van der Waals surface area contributed by atoms with Crippen LogP contribution in [0.5, 0.6) is 0 Å². The molecule has 3 rings (SSSR count). The van der Waals surface area contributed by atoms with Crippen LogP contribution in [-0.2, 0) is 17.8 Å². The van der Waals surface area contributed by atoms with Crippen molar-refractivity contribution in [2.45, 2.75) is 46.1 Å². The van der Waals surface area contributed by atoms with Crippen molar-refractivity contribution >= 4 is 23.2 Å². The number of aryl methyl sites for hydroxylation is 1. The van der Waals surface area contributed by atoms with Gasteiger partial charge in [-0.15, -0.1) is 11.3 Å². The van der Waals surface area contributed by atoms with Crippen molar-refractivity contribution in [1.29, 1.82) is 0 Å². The minimum Gasteiger partial charge on any atom is -0.357 e. The van der Waals surface area contributed by atoms with Crippen LogP contribution in [0.1, 0.15) is 43.0 Å². The van der Waals surface area contributed by atoms with Crippen LogP contribution in [0.4, 0.5) is 0 Å². The predicted molar refractivity (Wildman–Crippen MR) is 115 cm³/mol. The van der Waals surface area contributed by atoms with E-state index in [1.165, 1.54) is 11.3 Å². The van der Waals surface area contributed by atoms with Gasteiger partial charge >= 0.3 is 0 Å². The van der Waals surface area contributed by atoms with Gasteiger partial charge in [0, 0.05) is 56.9 Å². The number of aliphatic imine (C=N–C) groups is 1. The Kier molecular flexibility index (Phi) is 8.09. The standard InChI is InChI=1S/C20H34N6OS/c1-3-17-14-22-18(28-17)15-23-20(21-4-2)26-12-10-24(11-13-26)16-19(27)25-8-6-5-7-9-25/h14H,3-13,15-16H2,1-2H3,(H,21,23). The van der Waals surface area contributed by atoms with E-state index in [1.807, 2.05) is 11.1 Å². The maximum atomic E-state index is 12.5. The van der Waals surface area contributed by atoms with Gasteiger partial charge in [-0.05, 0) is 32.6 Å². The molecule has 28 heavy (non-hydrogen) atoms. The largest absolute Gasteiger partial charge is 0.357 e. The van der Waals surface area contributed by atoms with Crippen LogP contribution in [0, 0.1) is 0 Å². The average Bonchev–Trinajstić information content (AvgIpc) is 3.20. The number of amides is 1. The zero-order valence-corrected chi connectivity index (χ0v) is 18.1. The number of nitrogens with zero attached hydrogens (tertiary/aromatic N) is 5. The average molecular weight is 407 g/mol. The fraction of sp³-hybridized carbons (Fsp3) is 0.750. The molecule has 2 saturated heterocycles. The molecule has 0 aromatic carbocycles. The van der Waals surface area contributed by atoms with Gasteiger partial charge in [0.25, 0.3) is 0 Å². The molecule has 2 fully saturated rings. The Morgan fingerprint density at radius 3 is 2.50 bits per heavy atom. The number of thiazole rings is 1. The van der Waals surface area contributed by atoms with Crippen LogP contribution in [0.2, 0.25) is 0 Å². The lowest BCUT2D eigenvalue weighted by atomic mass is 10.1. The molecule has 8 heteroatoms. The van der Waals surface area contributed by atoms with Crippen molar-refractivity contribution in [3.05, 3.63) is 16.1 Å². The number of piperidine rings is 1. The molecule has 0 bridgehead atoms. The lowest BCUT2D eigenvalue weighted by Crippen LogP contribution is -2.54. The number of likely N-dealkylation sites (tertiary alicyclic amines) is 1. The number of aromatic nitrogens is 1. The maximum absolute atomic E-state index is 12.5. The van der Waals surface area contributed by atoms with Crippen molar-refractivity contribution in [3.8, 4) is 0 Å². The summed E-state index contributed by atoms with van der Waals surface area (Å²) >= 11 is 1.75. The van der Waals surface area contributed by atoms with Crippen LogP contribution < -0.4 is 5.32 Å². The highest BCUT2D eigenvalue weighted by Gasteiger charge is 2.24. The molecular weight excluding hydrogens is 372 g/mol. The summed E-state index contributed by atoms with van der Waals surface area (Å²) in [5, 5.41) is 4.48. The van der Waals surface area contributed by atoms with E-state index < -0.39 is 0 Å². The number of carbonyl (C=O) groups is 1. The van der Waals surface area contributed by atoms with Gasteiger partial charge in [-0.3, -0.25) is 9.69 Å². The summed E-state index contributed by atoms with van der Waals surface area (Å²) in [6.07, 6.45) is 6.55. The smallest absolute Gasteiger partial charge is 0.236 e. The van der Waals surface area contributed by atoms with Crippen LogP contribution >= 0.6 is 11.3 Å². The predicted octanol–water partition coefficient (Wildman–Crippen LogP) is 1.80. The second-order valence-corrected chi connectivity index (χ2v) is 8.65. The first-order chi connectivity index (χ1) is 13.7. The Morgan fingerprint density at radius 1 is 1.11 bits per heavy atom. The molecule has 2 aliphatic heterocycles. The summed E-state index contributed by atoms with van der Waals surface area (Å²) in [7, 11) is 0. The quantitative estimate of drug-likeness (QED) is 0.577. The van der Waals surface area contributed by atoms with Crippen molar-refractivity contribution < 1.29 is 4.79 Å². The van der Waals surface area contributed by atoms with Crippen molar-refractivity contribution in [2.75, 3.05) is 52.4 Å². The molecule has 2 aliphatic rings. The summed E-state index contributed by atoms with van der Waals surface area (Å²) in [5.41, 5.74) is 0. The van der Waals surface area contributed by atoms with Gasteiger partial charge < -0.3 is 15.1 Å². The molecule has 0 unspecified atom stereocenters. The number of hydrogen-bond donors (Lipinski definition) is 1. The number of hydrogen-bond acceptors (Lipinski definition) is 5. The molecular formula is C20H34N6OS. The normalized spacial score (nSPS) is 19.1. The molecule has 1 aromatic heterocycles. The number of rotatable bonds is 6. The third kappa shape index (κ3) is 5.91.